The number of ketones is 1. The van der Waals surface area contributed by atoms with E-state index >= 15 is 0 Å². The van der Waals surface area contributed by atoms with Gasteiger partial charge < -0.3 is 0 Å². The molecule has 0 radical (unpaired) electrons. The second-order valence-corrected chi connectivity index (χ2v) is 8.23. The van der Waals surface area contributed by atoms with Crippen LogP contribution in [0.5, 0.6) is 0 Å². The largest absolute Gasteiger partial charge is 0.293 e. The lowest BCUT2D eigenvalue weighted by Gasteiger charge is -2.06. The van der Waals surface area contributed by atoms with Gasteiger partial charge in [-0.15, -0.1) is 0 Å². The highest BCUT2D eigenvalue weighted by Gasteiger charge is 2.13. The van der Waals surface area contributed by atoms with Gasteiger partial charge in [-0.1, -0.05) is 0 Å². The van der Waals surface area contributed by atoms with Crippen LogP contribution in [0.1, 0.15) is 17.3 Å². The van der Waals surface area contributed by atoms with Crippen LogP contribution < -0.4 is 4.72 Å². The lowest BCUT2D eigenvalue weighted by atomic mass is 10.1. The molecule has 0 atom stereocenters. The average molecular weight is 305 g/mol. The van der Waals surface area contributed by atoms with E-state index in [0.717, 1.165) is 6.26 Å². The molecule has 0 aliphatic heterocycles. The fraction of sp³-hybridized carbons (Fsp3) is 0.364. The van der Waals surface area contributed by atoms with Crippen LogP contribution in [-0.2, 0) is 19.9 Å². The molecule has 0 fully saturated rings. The highest BCUT2D eigenvalue weighted by atomic mass is 32.2. The molecule has 19 heavy (non-hydrogen) atoms. The fourth-order valence-corrected chi connectivity index (χ4v) is 2.58. The van der Waals surface area contributed by atoms with E-state index in [0.29, 0.717) is 5.69 Å². The molecule has 6 nitrogen and oxygen atoms in total. The SMILES string of the molecule is CCS(=O)(=O)Nc1ccc(C(=O)CS(C)(=O)=O)cc1. The predicted octanol–water partition coefficient (Wildman–Crippen LogP) is 0.675. The summed E-state index contributed by atoms with van der Waals surface area (Å²) in [6.45, 7) is 1.51. The molecule has 0 aliphatic carbocycles. The van der Waals surface area contributed by atoms with Gasteiger partial charge in [0.25, 0.3) is 0 Å². The molecular weight excluding hydrogens is 290 g/mol. The minimum atomic E-state index is -3.38. The molecular formula is C11H15NO5S2. The zero-order valence-electron chi connectivity index (χ0n) is 10.6. The number of hydrogen-bond acceptors (Lipinski definition) is 5. The third-order valence-corrected chi connectivity index (χ3v) is 4.35. The Morgan fingerprint density at radius 2 is 1.63 bits per heavy atom. The summed E-state index contributed by atoms with van der Waals surface area (Å²) < 4.78 is 47.0. The van der Waals surface area contributed by atoms with Gasteiger partial charge in [0.1, 0.15) is 5.75 Å². The molecule has 0 aromatic heterocycles. The van der Waals surface area contributed by atoms with Gasteiger partial charge in [-0.05, 0) is 31.2 Å². The van der Waals surface area contributed by atoms with Crippen LogP contribution >= 0.6 is 0 Å². The van der Waals surface area contributed by atoms with Crippen molar-refractivity contribution in [1.82, 2.24) is 0 Å². The van der Waals surface area contributed by atoms with E-state index in [-0.39, 0.29) is 11.3 Å². The van der Waals surface area contributed by atoms with Gasteiger partial charge in [0, 0.05) is 17.5 Å². The number of sulfonamides is 1. The van der Waals surface area contributed by atoms with Crippen molar-refractivity contribution < 1.29 is 21.6 Å². The van der Waals surface area contributed by atoms with Gasteiger partial charge >= 0.3 is 0 Å². The molecule has 0 bridgehead atoms. The van der Waals surface area contributed by atoms with Gasteiger partial charge in [-0.25, -0.2) is 16.8 Å². The average Bonchev–Trinajstić information content (AvgIpc) is 2.27. The summed E-state index contributed by atoms with van der Waals surface area (Å²) in [6.07, 6.45) is 0.981. The standard InChI is InChI=1S/C11H15NO5S2/c1-3-19(16,17)12-10-6-4-9(5-7-10)11(13)8-18(2,14)15/h4-7,12H,3,8H2,1-2H3. The van der Waals surface area contributed by atoms with E-state index in [9.17, 15) is 21.6 Å². The van der Waals surface area contributed by atoms with Crippen molar-refractivity contribution >= 4 is 31.3 Å². The maximum atomic E-state index is 11.6. The summed E-state index contributed by atoms with van der Waals surface area (Å²) in [5.41, 5.74) is 0.558. The minimum Gasteiger partial charge on any atom is -0.293 e. The van der Waals surface area contributed by atoms with Crippen LogP contribution in [0.15, 0.2) is 24.3 Å². The normalized spacial score (nSPS) is 12.1. The number of Topliss-reactive ketones (excluding diaryl/α,β-unsaturated/α-hetero) is 1. The monoisotopic (exact) mass is 305 g/mol. The van der Waals surface area contributed by atoms with E-state index in [4.69, 9.17) is 0 Å². The number of carbonyl (C=O) groups is 1. The number of carbonyl (C=O) groups excluding carboxylic acids is 1. The predicted molar refractivity (Wildman–Crippen MR) is 73.6 cm³/mol. The van der Waals surface area contributed by atoms with Crippen LogP contribution in [0.25, 0.3) is 0 Å². The summed E-state index contributed by atoms with van der Waals surface area (Å²) >= 11 is 0. The summed E-state index contributed by atoms with van der Waals surface area (Å²) in [4.78, 5) is 11.6. The number of nitrogens with one attached hydrogen (secondary N) is 1. The topological polar surface area (TPSA) is 97.4 Å². The van der Waals surface area contributed by atoms with E-state index in [2.05, 4.69) is 4.72 Å². The van der Waals surface area contributed by atoms with E-state index in [1.807, 2.05) is 0 Å². The summed E-state index contributed by atoms with van der Waals surface area (Å²) in [5, 5.41) is 0. The minimum absolute atomic E-state index is 0.0538. The van der Waals surface area contributed by atoms with E-state index < -0.39 is 31.4 Å². The summed E-state index contributed by atoms with van der Waals surface area (Å²) in [5.74, 6) is -1.14. The third kappa shape index (κ3) is 5.39. The van der Waals surface area contributed by atoms with Crippen molar-refractivity contribution in [2.24, 2.45) is 0 Å². The molecule has 1 rings (SSSR count). The maximum absolute atomic E-state index is 11.6. The zero-order chi connectivity index (χ0) is 14.7. The Hall–Kier alpha value is -1.41. The fourth-order valence-electron chi connectivity index (χ4n) is 1.30. The number of benzene rings is 1. The quantitative estimate of drug-likeness (QED) is 0.779. The summed E-state index contributed by atoms with van der Waals surface area (Å²) in [7, 11) is -6.74. The van der Waals surface area contributed by atoms with E-state index in [1.165, 1.54) is 31.2 Å². The summed E-state index contributed by atoms with van der Waals surface area (Å²) in [6, 6.07) is 5.62. The first-order valence-electron chi connectivity index (χ1n) is 5.44. The molecule has 0 spiro atoms. The first-order chi connectivity index (χ1) is 8.63. The highest BCUT2D eigenvalue weighted by Crippen LogP contribution is 2.12. The lowest BCUT2D eigenvalue weighted by Crippen LogP contribution is -2.16. The molecule has 1 aromatic carbocycles. The Morgan fingerprint density at radius 3 is 2.05 bits per heavy atom. The van der Waals surface area contributed by atoms with Gasteiger partial charge in [-0.2, -0.15) is 0 Å². The molecule has 0 saturated carbocycles. The Morgan fingerprint density at radius 1 is 1.11 bits per heavy atom. The molecule has 1 N–H and O–H groups in total. The van der Waals surface area contributed by atoms with Gasteiger partial charge in [0.05, 0.1) is 5.75 Å². The van der Waals surface area contributed by atoms with Crippen molar-refractivity contribution in [2.45, 2.75) is 6.92 Å². The van der Waals surface area contributed by atoms with Crippen molar-refractivity contribution in [3.8, 4) is 0 Å². The van der Waals surface area contributed by atoms with Gasteiger partial charge in [0.15, 0.2) is 15.6 Å². The Labute approximate surface area is 112 Å². The number of rotatable bonds is 6. The first-order valence-corrected chi connectivity index (χ1v) is 9.16. The van der Waals surface area contributed by atoms with Crippen molar-refractivity contribution in [1.29, 1.82) is 0 Å². The third-order valence-electron chi connectivity index (χ3n) is 2.25. The molecule has 0 amide bonds. The van der Waals surface area contributed by atoms with Crippen molar-refractivity contribution in [2.75, 3.05) is 22.5 Å². The first kappa shape index (κ1) is 15.6. The van der Waals surface area contributed by atoms with Crippen molar-refractivity contribution in [3.05, 3.63) is 29.8 Å². The van der Waals surface area contributed by atoms with E-state index in [1.54, 1.807) is 0 Å². The zero-order valence-corrected chi connectivity index (χ0v) is 12.2. The second kappa shape index (κ2) is 5.70. The second-order valence-electron chi connectivity index (χ2n) is 4.08. The van der Waals surface area contributed by atoms with Crippen LogP contribution in [0, 0.1) is 0 Å². The lowest BCUT2D eigenvalue weighted by molar-refractivity contribution is 0.102. The van der Waals surface area contributed by atoms with Crippen LogP contribution in [-0.4, -0.2) is 40.4 Å². The van der Waals surface area contributed by atoms with Crippen LogP contribution in [0.4, 0.5) is 5.69 Å². The molecule has 0 saturated heterocycles. The van der Waals surface area contributed by atoms with Gasteiger partial charge in [-0.3, -0.25) is 9.52 Å². The number of sulfone groups is 1. The molecule has 0 aliphatic rings. The van der Waals surface area contributed by atoms with Crippen molar-refractivity contribution in [3.63, 3.8) is 0 Å². The molecule has 1 aromatic rings. The number of anilines is 1. The molecule has 8 heteroatoms. The smallest absolute Gasteiger partial charge is 0.232 e. The Bertz CT molecular complexity index is 660. The van der Waals surface area contributed by atoms with Gasteiger partial charge in [0.2, 0.25) is 10.0 Å². The molecule has 106 valence electrons. The highest BCUT2D eigenvalue weighted by molar-refractivity contribution is 7.92. The maximum Gasteiger partial charge on any atom is 0.232 e. The number of hydrogen-bond donors (Lipinski definition) is 1. The van der Waals surface area contributed by atoms with Crippen LogP contribution in [0.2, 0.25) is 0 Å². The van der Waals surface area contributed by atoms with Crippen LogP contribution in [0.3, 0.4) is 0 Å². The molecule has 0 unspecified atom stereocenters. The Balaban J connectivity index is 2.86. The molecule has 0 heterocycles. The Kier molecular flexibility index (Phi) is 4.70.